The predicted octanol–water partition coefficient (Wildman–Crippen LogP) is 4.31. The Labute approximate surface area is 161 Å². The average molecular weight is 367 g/mol. The van der Waals surface area contributed by atoms with Crippen molar-refractivity contribution in [3.63, 3.8) is 0 Å². The lowest BCUT2D eigenvalue weighted by molar-refractivity contribution is -0.118. The summed E-state index contributed by atoms with van der Waals surface area (Å²) in [7, 11) is 1.66. The minimum Gasteiger partial charge on any atom is -0.497 e. The molecule has 1 heterocycles. The van der Waals surface area contributed by atoms with Crippen molar-refractivity contribution in [2.24, 2.45) is 0 Å². The van der Waals surface area contributed by atoms with E-state index in [0.29, 0.717) is 12.8 Å². The van der Waals surface area contributed by atoms with Gasteiger partial charge in [-0.05, 0) is 48.2 Å². The molecule has 0 bridgehead atoms. The lowest BCUT2D eigenvalue weighted by Gasteiger charge is -2.26. The molecule has 2 unspecified atom stereocenters. The third kappa shape index (κ3) is 4.69. The molecule has 2 atom stereocenters. The number of hydrogen-bond donors (Lipinski definition) is 1. The van der Waals surface area contributed by atoms with Crippen LogP contribution in [0, 0.1) is 0 Å². The third-order valence-corrected chi connectivity index (χ3v) is 5.35. The number of carbonyl (C=O) groups is 1. The third-order valence-electron chi connectivity index (χ3n) is 5.35. The SMILES string of the molecule is CCCCC(O)c1ccc(N2CCC(=O)C2Cc2cccc(OC)c2)cc1. The summed E-state index contributed by atoms with van der Waals surface area (Å²) in [4.78, 5) is 14.7. The number of hydrogen-bond acceptors (Lipinski definition) is 4. The Kier molecular flexibility index (Phi) is 6.51. The number of methoxy groups -OCH3 is 1. The van der Waals surface area contributed by atoms with Gasteiger partial charge in [0, 0.05) is 18.7 Å². The van der Waals surface area contributed by atoms with Crippen LogP contribution in [0.2, 0.25) is 0 Å². The zero-order valence-electron chi connectivity index (χ0n) is 16.2. The molecule has 4 nitrogen and oxygen atoms in total. The Morgan fingerprint density at radius 2 is 2.00 bits per heavy atom. The average Bonchev–Trinajstić information content (AvgIpc) is 3.06. The van der Waals surface area contributed by atoms with Gasteiger partial charge in [-0.15, -0.1) is 0 Å². The maximum absolute atomic E-state index is 12.5. The maximum atomic E-state index is 12.5. The first kappa shape index (κ1) is 19.4. The van der Waals surface area contributed by atoms with Crippen molar-refractivity contribution in [3.8, 4) is 5.75 Å². The van der Waals surface area contributed by atoms with E-state index in [1.54, 1.807) is 7.11 Å². The molecular formula is C23H29NO3. The molecule has 144 valence electrons. The lowest BCUT2D eigenvalue weighted by atomic mass is 10.0. The summed E-state index contributed by atoms with van der Waals surface area (Å²) in [5, 5.41) is 10.3. The summed E-state index contributed by atoms with van der Waals surface area (Å²) >= 11 is 0. The molecule has 2 aromatic rings. The summed E-state index contributed by atoms with van der Waals surface area (Å²) in [6.07, 6.45) is 3.73. The van der Waals surface area contributed by atoms with Crippen molar-refractivity contribution in [2.75, 3.05) is 18.6 Å². The van der Waals surface area contributed by atoms with Gasteiger partial charge >= 0.3 is 0 Å². The van der Waals surface area contributed by atoms with Gasteiger partial charge in [0.1, 0.15) is 5.75 Å². The molecule has 1 N–H and O–H groups in total. The van der Waals surface area contributed by atoms with Gasteiger partial charge < -0.3 is 14.7 Å². The highest BCUT2D eigenvalue weighted by Gasteiger charge is 2.32. The molecule has 0 amide bonds. The normalized spacial score (nSPS) is 18.0. The number of benzene rings is 2. The van der Waals surface area contributed by atoms with Crippen LogP contribution in [0.4, 0.5) is 5.69 Å². The Balaban J connectivity index is 1.73. The minimum absolute atomic E-state index is 0.145. The van der Waals surface area contributed by atoms with E-state index in [9.17, 15) is 9.90 Å². The highest BCUT2D eigenvalue weighted by atomic mass is 16.5. The minimum atomic E-state index is -0.410. The molecule has 0 spiro atoms. The molecule has 2 aromatic carbocycles. The van der Waals surface area contributed by atoms with Crippen LogP contribution in [0.25, 0.3) is 0 Å². The van der Waals surface area contributed by atoms with Gasteiger partial charge in [0.2, 0.25) is 0 Å². The van der Waals surface area contributed by atoms with E-state index in [1.807, 2.05) is 48.5 Å². The second-order valence-corrected chi connectivity index (χ2v) is 7.23. The number of unbranched alkanes of at least 4 members (excludes halogenated alkanes) is 1. The van der Waals surface area contributed by atoms with Crippen molar-refractivity contribution >= 4 is 11.5 Å². The van der Waals surface area contributed by atoms with Crippen molar-refractivity contribution in [2.45, 2.75) is 51.2 Å². The molecule has 4 heteroatoms. The second kappa shape index (κ2) is 9.05. The van der Waals surface area contributed by atoms with E-state index in [1.165, 1.54) is 0 Å². The zero-order valence-corrected chi connectivity index (χ0v) is 16.2. The number of nitrogens with zero attached hydrogens (tertiary/aromatic N) is 1. The largest absolute Gasteiger partial charge is 0.497 e. The quantitative estimate of drug-likeness (QED) is 0.755. The van der Waals surface area contributed by atoms with Crippen LogP contribution in [0.5, 0.6) is 5.75 Å². The van der Waals surface area contributed by atoms with Gasteiger partial charge in [-0.1, -0.05) is 44.0 Å². The zero-order chi connectivity index (χ0) is 19.2. The Morgan fingerprint density at radius 1 is 1.22 bits per heavy atom. The number of aliphatic hydroxyl groups is 1. The van der Waals surface area contributed by atoms with Gasteiger partial charge in [-0.3, -0.25) is 4.79 Å². The molecule has 0 aliphatic carbocycles. The number of Topliss-reactive ketones (excluding diaryl/α,β-unsaturated/α-hetero) is 1. The standard InChI is InChI=1S/C23H29NO3/c1-3-4-8-22(25)18-9-11-19(12-10-18)24-14-13-23(26)21(24)16-17-6-5-7-20(15-17)27-2/h5-7,9-12,15,21-22,25H,3-4,8,13-14,16H2,1-2H3. The summed E-state index contributed by atoms with van der Waals surface area (Å²) < 4.78 is 5.30. The van der Waals surface area contributed by atoms with E-state index < -0.39 is 6.10 Å². The highest BCUT2D eigenvalue weighted by Crippen LogP contribution is 2.29. The maximum Gasteiger partial charge on any atom is 0.157 e. The van der Waals surface area contributed by atoms with Crippen LogP contribution in [0.15, 0.2) is 48.5 Å². The highest BCUT2D eigenvalue weighted by molar-refractivity contribution is 5.91. The second-order valence-electron chi connectivity index (χ2n) is 7.23. The topological polar surface area (TPSA) is 49.8 Å². The number of anilines is 1. The number of ether oxygens (including phenoxy) is 1. The fourth-order valence-corrected chi connectivity index (χ4v) is 3.73. The van der Waals surface area contributed by atoms with Crippen LogP contribution >= 0.6 is 0 Å². The number of ketones is 1. The van der Waals surface area contributed by atoms with Crippen molar-refractivity contribution in [3.05, 3.63) is 59.7 Å². The molecule has 1 fully saturated rings. The van der Waals surface area contributed by atoms with Gasteiger partial charge in [0.05, 0.1) is 19.3 Å². The summed E-state index contributed by atoms with van der Waals surface area (Å²) in [5.41, 5.74) is 3.09. The first-order chi connectivity index (χ1) is 13.1. The number of aliphatic hydroxyl groups excluding tert-OH is 1. The smallest absolute Gasteiger partial charge is 0.157 e. The van der Waals surface area contributed by atoms with E-state index in [0.717, 1.165) is 48.4 Å². The summed E-state index contributed by atoms with van der Waals surface area (Å²) in [6.45, 7) is 2.87. The molecule has 0 radical (unpaired) electrons. The molecule has 3 rings (SSSR count). The van der Waals surface area contributed by atoms with Gasteiger partial charge in [-0.25, -0.2) is 0 Å². The van der Waals surface area contributed by atoms with Gasteiger partial charge in [0.25, 0.3) is 0 Å². The Hall–Kier alpha value is -2.33. The van der Waals surface area contributed by atoms with Gasteiger partial charge in [-0.2, -0.15) is 0 Å². The van der Waals surface area contributed by atoms with E-state index in [4.69, 9.17) is 4.74 Å². The van der Waals surface area contributed by atoms with E-state index in [2.05, 4.69) is 11.8 Å². The fourth-order valence-electron chi connectivity index (χ4n) is 3.73. The van der Waals surface area contributed by atoms with E-state index in [-0.39, 0.29) is 11.8 Å². The van der Waals surface area contributed by atoms with Crippen LogP contribution in [0.1, 0.15) is 49.8 Å². The van der Waals surface area contributed by atoms with Crippen molar-refractivity contribution in [1.82, 2.24) is 0 Å². The monoisotopic (exact) mass is 367 g/mol. The number of rotatable bonds is 8. The van der Waals surface area contributed by atoms with Crippen molar-refractivity contribution < 1.29 is 14.6 Å². The number of carbonyl (C=O) groups excluding carboxylic acids is 1. The molecule has 1 aliphatic heterocycles. The summed E-state index contributed by atoms with van der Waals surface area (Å²) in [6, 6.07) is 15.8. The molecule has 1 saturated heterocycles. The van der Waals surface area contributed by atoms with Crippen LogP contribution in [-0.2, 0) is 11.2 Å². The van der Waals surface area contributed by atoms with E-state index >= 15 is 0 Å². The van der Waals surface area contributed by atoms with Crippen LogP contribution in [0.3, 0.4) is 0 Å². The van der Waals surface area contributed by atoms with Crippen LogP contribution in [-0.4, -0.2) is 30.6 Å². The fraction of sp³-hybridized carbons (Fsp3) is 0.435. The Bertz CT molecular complexity index is 756. The first-order valence-corrected chi connectivity index (χ1v) is 9.82. The molecule has 0 saturated carbocycles. The predicted molar refractivity (Wildman–Crippen MR) is 108 cm³/mol. The van der Waals surface area contributed by atoms with Crippen molar-refractivity contribution in [1.29, 1.82) is 0 Å². The summed E-state index contributed by atoms with van der Waals surface area (Å²) in [5.74, 6) is 1.10. The lowest BCUT2D eigenvalue weighted by Crippen LogP contribution is -2.35. The Morgan fingerprint density at radius 3 is 2.70 bits per heavy atom. The van der Waals surface area contributed by atoms with Gasteiger partial charge in [0.15, 0.2) is 5.78 Å². The molecule has 1 aliphatic rings. The first-order valence-electron chi connectivity index (χ1n) is 9.82. The molecule has 27 heavy (non-hydrogen) atoms. The van der Waals surface area contributed by atoms with Crippen LogP contribution < -0.4 is 9.64 Å². The molecular weight excluding hydrogens is 338 g/mol. The molecule has 0 aromatic heterocycles.